The highest BCUT2D eigenvalue weighted by Crippen LogP contribution is 2.28. The summed E-state index contributed by atoms with van der Waals surface area (Å²) in [6.45, 7) is 1.98. The van der Waals surface area contributed by atoms with E-state index in [-0.39, 0.29) is 10.6 Å². The van der Waals surface area contributed by atoms with Crippen LogP contribution in [0.1, 0.15) is 5.69 Å². The Morgan fingerprint density at radius 3 is 2.09 bits per heavy atom. The van der Waals surface area contributed by atoms with Crippen molar-refractivity contribution in [2.75, 3.05) is 0 Å². The first-order valence-electron chi connectivity index (χ1n) is 6.97. The van der Waals surface area contributed by atoms with Crippen LogP contribution >= 0.6 is 0 Å². The van der Waals surface area contributed by atoms with E-state index in [4.69, 9.17) is 5.14 Å². The molecule has 0 saturated carbocycles. The Hall–Kier alpha value is -2.57. The number of hydrogen-bond acceptors (Lipinski definition) is 3. The van der Waals surface area contributed by atoms with Gasteiger partial charge in [-0.1, -0.05) is 12.1 Å². The molecule has 0 amide bonds. The van der Waals surface area contributed by atoms with E-state index >= 15 is 0 Å². The van der Waals surface area contributed by atoms with Gasteiger partial charge in [0.2, 0.25) is 10.0 Å². The average molecular weight is 328 g/mol. The van der Waals surface area contributed by atoms with E-state index in [1.165, 1.54) is 12.1 Å². The van der Waals surface area contributed by atoms with Crippen LogP contribution < -0.4 is 5.14 Å². The summed E-state index contributed by atoms with van der Waals surface area (Å²) in [6.07, 6.45) is 0. The largest absolute Gasteiger partial charge is 0.508 e. The van der Waals surface area contributed by atoms with Gasteiger partial charge in [0, 0.05) is 11.4 Å². The quantitative estimate of drug-likeness (QED) is 0.775. The maximum Gasteiger partial charge on any atom is 0.238 e. The van der Waals surface area contributed by atoms with Crippen molar-refractivity contribution in [1.82, 2.24) is 4.57 Å². The molecule has 3 aromatic rings. The number of nitrogens with two attached hydrogens (primary N) is 1. The van der Waals surface area contributed by atoms with Crippen LogP contribution in [-0.4, -0.2) is 18.1 Å². The molecule has 0 fully saturated rings. The van der Waals surface area contributed by atoms with Crippen molar-refractivity contribution in [2.24, 2.45) is 5.14 Å². The van der Waals surface area contributed by atoms with Crippen molar-refractivity contribution in [3.63, 3.8) is 0 Å². The zero-order valence-electron chi connectivity index (χ0n) is 12.5. The van der Waals surface area contributed by atoms with Gasteiger partial charge in [-0.25, -0.2) is 13.6 Å². The second-order valence-corrected chi connectivity index (χ2v) is 6.84. The number of sulfonamides is 1. The van der Waals surface area contributed by atoms with E-state index in [1.807, 2.05) is 35.8 Å². The lowest BCUT2D eigenvalue weighted by Crippen LogP contribution is -2.11. The fourth-order valence-electron chi connectivity index (χ4n) is 2.52. The first-order valence-corrected chi connectivity index (χ1v) is 8.52. The predicted molar refractivity (Wildman–Crippen MR) is 89.0 cm³/mol. The fraction of sp³-hybridized carbons (Fsp3) is 0.0588. The number of benzene rings is 2. The van der Waals surface area contributed by atoms with Gasteiger partial charge in [0.1, 0.15) is 5.75 Å². The highest BCUT2D eigenvalue weighted by atomic mass is 32.2. The molecule has 0 bridgehead atoms. The summed E-state index contributed by atoms with van der Waals surface area (Å²) in [5.41, 5.74) is 3.74. The number of rotatable bonds is 3. The van der Waals surface area contributed by atoms with Crippen molar-refractivity contribution >= 4 is 10.0 Å². The Bertz CT molecular complexity index is 941. The van der Waals surface area contributed by atoms with Gasteiger partial charge < -0.3 is 9.67 Å². The van der Waals surface area contributed by atoms with Crippen molar-refractivity contribution in [3.05, 3.63) is 66.4 Å². The van der Waals surface area contributed by atoms with Gasteiger partial charge in [0.25, 0.3) is 0 Å². The smallest absolute Gasteiger partial charge is 0.238 e. The molecule has 6 heteroatoms. The zero-order chi connectivity index (χ0) is 16.6. The van der Waals surface area contributed by atoms with Gasteiger partial charge >= 0.3 is 0 Å². The Labute approximate surface area is 134 Å². The molecule has 0 unspecified atom stereocenters. The number of aryl methyl sites for hydroxylation is 1. The number of phenolic OH excluding ortho intramolecular Hbond substituents is 1. The van der Waals surface area contributed by atoms with Gasteiger partial charge in [0.15, 0.2) is 0 Å². The molecular weight excluding hydrogens is 312 g/mol. The Balaban J connectivity index is 2.10. The third kappa shape index (κ3) is 2.99. The van der Waals surface area contributed by atoms with Crippen LogP contribution in [0.5, 0.6) is 5.75 Å². The molecule has 0 aliphatic rings. The van der Waals surface area contributed by atoms with Crippen molar-refractivity contribution in [3.8, 4) is 22.7 Å². The molecule has 23 heavy (non-hydrogen) atoms. The van der Waals surface area contributed by atoms with Gasteiger partial charge in [-0.2, -0.15) is 0 Å². The number of nitrogens with zero attached hydrogens (tertiary/aromatic N) is 1. The molecule has 0 aliphatic heterocycles. The molecule has 118 valence electrons. The normalized spacial score (nSPS) is 11.6. The lowest BCUT2D eigenvalue weighted by Gasteiger charge is -2.12. The molecule has 1 heterocycles. The van der Waals surface area contributed by atoms with Gasteiger partial charge in [-0.15, -0.1) is 0 Å². The lowest BCUT2D eigenvalue weighted by atomic mass is 10.1. The predicted octanol–water partition coefficient (Wildman–Crippen LogP) is 2.81. The monoisotopic (exact) mass is 328 g/mol. The average Bonchev–Trinajstić information content (AvgIpc) is 2.89. The van der Waals surface area contributed by atoms with E-state index in [1.54, 1.807) is 24.3 Å². The standard InChI is InChI=1S/C17H16N2O3S/c1-12-2-11-17(19(12)14-5-7-15(20)8-6-14)13-3-9-16(10-4-13)23(18,21)22/h2-11,20H,1H3,(H2,18,21,22). The summed E-state index contributed by atoms with van der Waals surface area (Å²) in [5, 5.41) is 14.6. The first-order chi connectivity index (χ1) is 10.9. The summed E-state index contributed by atoms with van der Waals surface area (Å²) >= 11 is 0. The zero-order valence-corrected chi connectivity index (χ0v) is 13.3. The third-order valence-corrected chi connectivity index (χ3v) is 4.59. The van der Waals surface area contributed by atoms with Crippen LogP contribution in [0.4, 0.5) is 0 Å². The van der Waals surface area contributed by atoms with Crippen molar-refractivity contribution in [2.45, 2.75) is 11.8 Å². The minimum absolute atomic E-state index is 0.0840. The van der Waals surface area contributed by atoms with Gasteiger partial charge in [0.05, 0.1) is 10.6 Å². The number of aromatic nitrogens is 1. The molecule has 5 nitrogen and oxygen atoms in total. The SMILES string of the molecule is Cc1ccc(-c2ccc(S(N)(=O)=O)cc2)n1-c1ccc(O)cc1. The molecule has 0 atom stereocenters. The Kier molecular flexibility index (Phi) is 3.71. The highest BCUT2D eigenvalue weighted by Gasteiger charge is 2.12. The van der Waals surface area contributed by atoms with Crippen molar-refractivity contribution < 1.29 is 13.5 Å². The second-order valence-electron chi connectivity index (χ2n) is 5.28. The van der Waals surface area contributed by atoms with Crippen LogP contribution in [0.3, 0.4) is 0 Å². The molecule has 0 aliphatic carbocycles. The fourth-order valence-corrected chi connectivity index (χ4v) is 3.04. The third-order valence-electron chi connectivity index (χ3n) is 3.66. The van der Waals surface area contributed by atoms with Crippen LogP contribution in [0.15, 0.2) is 65.6 Å². The van der Waals surface area contributed by atoms with E-state index in [0.29, 0.717) is 0 Å². The summed E-state index contributed by atoms with van der Waals surface area (Å²) in [7, 11) is -3.70. The number of hydrogen-bond donors (Lipinski definition) is 2. The van der Waals surface area contributed by atoms with E-state index in [0.717, 1.165) is 22.6 Å². The summed E-state index contributed by atoms with van der Waals surface area (Å²) in [4.78, 5) is 0.0840. The lowest BCUT2D eigenvalue weighted by molar-refractivity contribution is 0.475. The molecule has 2 aromatic carbocycles. The molecule has 0 saturated heterocycles. The molecule has 3 N–H and O–H groups in total. The molecular formula is C17H16N2O3S. The van der Waals surface area contributed by atoms with Crippen molar-refractivity contribution in [1.29, 1.82) is 0 Å². The Morgan fingerprint density at radius 2 is 1.52 bits per heavy atom. The van der Waals surface area contributed by atoms with Gasteiger partial charge in [-0.05, 0) is 61.0 Å². The maximum absolute atomic E-state index is 11.4. The van der Waals surface area contributed by atoms with Crippen LogP contribution in [0, 0.1) is 6.92 Å². The number of aromatic hydroxyl groups is 1. The van der Waals surface area contributed by atoms with Gasteiger partial charge in [-0.3, -0.25) is 0 Å². The topological polar surface area (TPSA) is 85.3 Å². The van der Waals surface area contributed by atoms with Crippen LogP contribution in [0.2, 0.25) is 0 Å². The molecule has 0 radical (unpaired) electrons. The second kappa shape index (κ2) is 5.57. The van der Waals surface area contributed by atoms with E-state index < -0.39 is 10.0 Å². The number of phenols is 1. The van der Waals surface area contributed by atoms with E-state index in [2.05, 4.69) is 0 Å². The minimum atomic E-state index is -3.70. The Morgan fingerprint density at radius 1 is 0.913 bits per heavy atom. The molecule has 1 aromatic heterocycles. The summed E-state index contributed by atoms with van der Waals surface area (Å²) in [6, 6.07) is 17.3. The van der Waals surface area contributed by atoms with Crippen LogP contribution in [-0.2, 0) is 10.0 Å². The number of primary sulfonamides is 1. The summed E-state index contributed by atoms with van der Waals surface area (Å²) in [5.74, 6) is 0.206. The highest BCUT2D eigenvalue weighted by molar-refractivity contribution is 7.89. The van der Waals surface area contributed by atoms with Crippen LogP contribution in [0.25, 0.3) is 16.9 Å². The van der Waals surface area contributed by atoms with E-state index in [9.17, 15) is 13.5 Å². The first kappa shape index (κ1) is 15.3. The molecule has 3 rings (SSSR count). The minimum Gasteiger partial charge on any atom is -0.508 e. The maximum atomic E-state index is 11.4. The summed E-state index contributed by atoms with van der Waals surface area (Å²) < 4.78 is 24.7. The molecule has 0 spiro atoms.